The third-order valence-corrected chi connectivity index (χ3v) is 5.44. The van der Waals surface area contributed by atoms with E-state index >= 15 is 0 Å². The molecule has 1 aliphatic heterocycles. The van der Waals surface area contributed by atoms with E-state index in [0.29, 0.717) is 5.69 Å². The molecule has 1 heterocycles. The van der Waals surface area contributed by atoms with E-state index in [1.807, 2.05) is 13.8 Å². The van der Waals surface area contributed by atoms with Crippen LogP contribution >= 0.6 is 0 Å². The first-order valence-electron chi connectivity index (χ1n) is 10.3. The number of rotatable bonds is 5. The molecule has 2 amide bonds. The monoisotopic (exact) mass is 443 g/mol. The highest BCUT2D eigenvalue weighted by atomic mass is 16.6. The summed E-state index contributed by atoms with van der Waals surface area (Å²) in [7, 11) is 0. The molecule has 3 aromatic rings. The molecule has 0 N–H and O–H groups in total. The summed E-state index contributed by atoms with van der Waals surface area (Å²) in [6.07, 6.45) is -3.22. The van der Waals surface area contributed by atoms with Crippen molar-refractivity contribution in [2.24, 2.45) is 0 Å². The molecule has 0 spiro atoms. The summed E-state index contributed by atoms with van der Waals surface area (Å²) >= 11 is 0. The number of ether oxygens (including phenoxy) is 2. The van der Waals surface area contributed by atoms with Gasteiger partial charge in [0.05, 0.1) is 16.8 Å². The Bertz CT molecular complexity index is 1150. The lowest BCUT2D eigenvalue weighted by atomic mass is 10.1. The number of imide groups is 1. The highest BCUT2D eigenvalue weighted by Crippen LogP contribution is 2.29. The van der Waals surface area contributed by atoms with Crippen LogP contribution < -0.4 is 4.90 Å². The maximum absolute atomic E-state index is 13.2. The molecule has 0 aliphatic carbocycles. The van der Waals surface area contributed by atoms with Crippen LogP contribution in [0.4, 0.5) is 5.69 Å². The fourth-order valence-corrected chi connectivity index (χ4v) is 3.48. The lowest BCUT2D eigenvalue weighted by Gasteiger charge is -2.16. The van der Waals surface area contributed by atoms with Gasteiger partial charge in [0.2, 0.25) is 12.2 Å². The summed E-state index contributed by atoms with van der Waals surface area (Å²) in [5.41, 5.74) is 2.57. The summed E-state index contributed by atoms with van der Waals surface area (Å²) in [5, 5.41) is 0. The van der Waals surface area contributed by atoms with Gasteiger partial charge in [0, 0.05) is 0 Å². The summed E-state index contributed by atoms with van der Waals surface area (Å²) in [6.45, 7) is 3.76. The fourth-order valence-electron chi connectivity index (χ4n) is 3.48. The molecule has 1 aliphatic rings. The van der Waals surface area contributed by atoms with Crippen molar-refractivity contribution in [3.8, 4) is 0 Å². The van der Waals surface area contributed by atoms with Crippen molar-refractivity contribution in [2.45, 2.75) is 26.1 Å². The van der Waals surface area contributed by atoms with Gasteiger partial charge in [0.1, 0.15) is 0 Å². The maximum Gasteiger partial charge on any atom is 0.339 e. The average Bonchev–Trinajstić information content (AvgIpc) is 3.06. The minimum atomic E-state index is -1.61. The molecule has 1 saturated heterocycles. The van der Waals surface area contributed by atoms with Crippen LogP contribution in [0.25, 0.3) is 0 Å². The number of hydrogen-bond donors (Lipinski definition) is 0. The largest absolute Gasteiger partial charge is 0.444 e. The number of benzene rings is 3. The first kappa shape index (κ1) is 22.0. The Kier molecular flexibility index (Phi) is 6.04. The SMILES string of the molecule is Cc1ccc(N2C(=O)[C@H](OC(=O)c3ccccc3)[C@@H](OC(=O)c3ccccc3)C2=O)cc1C. The number of aryl methyl sites for hydroxylation is 2. The normalized spacial score (nSPS) is 17.7. The number of amides is 2. The van der Waals surface area contributed by atoms with Gasteiger partial charge in [-0.25, -0.2) is 14.5 Å². The number of carbonyl (C=O) groups is 4. The molecule has 0 bridgehead atoms. The molecule has 0 radical (unpaired) electrons. The van der Waals surface area contributed by atoms with E-state index in [0.717, 1.165) is 16.0 Å². The van der Waals surface area contributed by atoms with Crippen LogP contribution in [0.2, 0.25) is 0 Å². The highest BCUT2D eigenvalue weighted by Gasteiger charge is 2.53. The number of hydrogen-bond acceptors (Lipinski definition) is 6. The zero-order valence-electron chi connectivity index (χ0n) is 18.1. The predicted octanol–water partition coefficient (Wildman–Crippen LogP) is 3.63. The predicted molar refractivity (Wildman–Crippen MR) is 120 cm³/mol. The number of carbonyl (C=O) groups excluding carboxylic acids is 4. The van der Waals surface area contributed by atoms with Crippen LogP contribution in [0.5, 0.6) is 0 Å². The Labute approximate surface area is 190 Å². The van der Waals surface area contributed by atoms with Crippen molar-refractivity contribution >= 4 is 29.4 Å². The quantitative estimate of drug-likeness (QED) is 0.442. The molecule has 0 unspecified atom stereocenters. The Morgan fingerprint density at radius 2 is 1.12 bits per heavy atom. The summed E-state index contributed by atoms with van der Waals surface area (Å²) in [5.74, 6) is -3.16. The number of nitrogens with zero attached hydrogens (tertiary/aromatic N) is 1. The number of anilines is 1. The minimum absolute atomic E-state index is 0.204. The summed E-state index contributed by atoms with van der Waals surface area (Å²) < 4.78 is 10.8. The molecule has 33 heavy (non-hydrogen) atoms. The first-order chi connectivity index (χ1) is 15.9. The zero-order chi connectivity index (χ0) is 23.5. The third kappa shape index (κ3) is 4.39. The van der Waals surface area contributed by atoms with Crippen molar-refractivity contribution in [1.82, 2.24) is 0 Å². The van der Waals surface area contributed by atoms with E-state index in [4.69, 9.17) is 9.47 Å². The van der Waals surface area contributed by atoms with Crippen LogP contribution in [-0.2, 0) is 19.1 Å². The fraction of sp³-hybridized carbons (Fsp3) is 0.154. The van der Waals surface area contributed by atoms with Gasteiger partial charge in [-0.2, -0.15) is 0 Å². The van der Waals surface area contributed by atoms with E-state index in [1.54, 1.807) is 54.6 Å². The minimum Gasteiger partial charge on any atom is -0.444 e. The number of esters is 2. The van der Waals surface area contributed by atoms with Gasteiger partial charge in [0.25, 0.3) is 11.8 Å². The molecule has 3 aromatic carbocycles. The zero-order valence-corrected chi connectivity index (χ0v) is 18.1. The topological polar surface area (TPSA) is 90.0 Å². The Morgan fingerprint density at radius 3 is 1.55 bits per heavy atom. The van der Waals surface area contributed by atoms with Gasteiger partial charge in [-0.15, -0.1) is 0 Å². The Hall–Kier alpha value is -4.26. The Morgan fingerprint density at radius 1 is 0.667 bits per heavy atom. The first-order valence-corrected chi connectivity index (χ1v) is 10.3. The van der Waals surface area contributed by atoms with Gasteiger partial charge in [-0.05, 0) is 61.4 Å². The second-order valence-electron chi connectivity index (χ2n) is 7.66. The van der Waals surface area contributed by atoms with Gasteiger partial charge >= 0.3 is 11.9 Å². The van der Waals surface area contributed by atoms with Crippen molar-refractivity contribution < 1.29 is 28.7 Å². The molecule has 2 atom stereocenters. The summed E-state index contributed by atoms with van der Waals surface area (Å²) in [6, 6.07) is 21.2. The molecular weight excluding hydrogens is 422 g/mol. The van der Waals surface area contributed by atoms with Crippen molar-refractivity contribution in [2.75, 3.05) is 4.90 Å². The van der Waals surface area contributed by atoms with Crippen molar-refractivity contribution in [1.29, 1.82) is 0 Å². The Balaban J connectivity index is 1.67. The van der Waals surface area contributed by atoms with E-state index in [-0.39, 0.29) is 11.1 Å². The molecule has 166 valence electrons. The molecular formula is C26H21NO6. The second-order valence-corrected chi connectivity index (χ2v) is 7.66. The second kappa shape index (κ2) is 9.08. The van der Waals surface area contributed by atoms with Gasteiger partial charge in [-0.3, -0.25) is 9.59 Å². The van der Waals surface area contributed by atoms with E-state index < -0.39 is 36.0 Å². The molecule has 1 fully saturated rings. The van der Waals surface area contributed by atoms with Gasteiger partial charge < -0.3 is 9.47 Å². The van der Waals surface area contributed by atoms with E-state index in [9.17, 15) is 19.2 Å². The lowest BCUT2D eigenvalue weighted by molar-refractivity contribution is -0.130. The van der Waals surface area contributed by atoms with Crippen molar-refractivity contribution in [3.05, 3.63) is 101 Å². The van der Waals surface area contributed by atoms with Gasteiger partial charge in [-0.1, -0.05) is 42.5 Å². The van der Waals surface area contributed by atoms with E-state index in [2.05, 4.69) is 0 Å². The smallest absolute Gasteiger partial charge is 0.339 e. The van der Waals surface area contributed by atoms with E-state index in [1.165, 1.54) is 24.3 Å². The molecule has 7 heteroatoms. The van der Waals surface area contributed by atoms with Crippen LogP contribution in [-0.4, -0.2) is 36.0 Å². The van der Waals surface area contributed by atoms with Crippen molar-refractivity contribution in [3.63, 3.8) is 0 Å². The highest BCUT2D eigenvalue weighted by molar-refractivity contribution is 6.25. The lowest BCUT2D eigenvalue weighted by Crippen LogP contribution is -2.37. The third-order valence-electron chi connectivity index (χ3n) is 5.44. The van der Waals surface area contributed by atoms with Crippen LogP contribution in [0.1, 0.15) is 31.8 Å². The van der Waals surface area contributed by atoms with Crippen LogP contribution in [0, 0.1) is 13.8 Å². The van der Waals surface area contributed by atoms with Crippen LogP contribution in [0.3, 0.4) is 0 Å². The maximum atomic E-state index is 13.2. The van der Waals surface area contributed by atoms with Crippen LogP contribution in [0.15, 0.2) is 78.9 Å². The summed E-state index contributed by atoms with van der Waals surface area (Å²) in [4.78, 5) is 52.7. The molecule has 4 rings (SSSR count). The molecule has 7 nitrogen and oxygen atoms in total. The molecule has 0 aromatic heterocycles. The standard InChI is InChI=1S/C26H21NO6/c1-16-13-14-20(15-17(16)2)27-23(28)21(32-25(30)18-9-5-3-6-10-18)22(24(27)29)33-26(31)19-11-7-4-8-12-19/h3-15,21-22H,1-2H3/t21-,22-/m1/s1. The molecule has 0 saturated carbocycles. The average molecular weight is 443 g/mol. The van der Waals surface area contributed by atoms with Gasteiger partial charge in [0.15, 0.2) is 0 Å².